The first-order valence-corrected chi connectivity index (χ1v) is 7.95. The number of aliphatic carboxylic acids is 1. The summed E-state index contributed by atoms with van der Waals surface area (Å²) in [5, 5.41) is 22.6. The summed E-state index contributed by atoms with van der Waals surface area (Å²) in [4.78, 5) is 45.6. The highest BCUT2D eigenvalue weighted by molar-refractivity contribution is 6.37. The van der Waals surface area contributed by atoms with Gasteiger partial charge in [-0.15, -0.1) is 0 Å². The molecule has 0 fully saturated rings. The van der Waals surface area contributed by atoms with Crippen molar-refractivity contribution < 1.29 is 29.4 Å². The van der Waals surface area contributed by atoms with Gasteiger partial charge in [-0.3, -0.25) is 19.2 Å². The first-order chi connectivity index (χ1) is 11.2. The molecule has 6 N–H and O–H groups in total. The van der Waals surface area contributed by atoms with Crippen molar-refractivity contribution >= 4 is 23.6 Å². The Labute approximate surface area is 141 Å². The number of nitrogens with one attached hydrogen (secondary N) is 2. The van der Waals surface area contributed by atoms with E-state index in [0.29, 0.717) is 6.42 Å². The molecule has 0 aromatic heterocycles. The lowest BCUT2D eigenvalue weighted by Crippen LogP contribution is -2.50. The number of nitrogens with two attached hydrogens (primary N) is 1. The molecular weight excluding hydrogens is 318 g/mol. The summed E-state index contributed by atoms with van der Waals surface area (Å²) < 4.78 is 0. The smallest absolute Gasteiger partial charge is 0.303 e. The number of hydrogen-bond donors (Lipinski definition) is 5. The fourth-order valence-corrected chi connectivity index (χ4v) is 2.09. The van der Waals surface area contributed by atoms with Crippen molar-refractivity contribution in [2.24, 2.45) is 11.7 Å². The van der Waals surface area contributed by atoms with Crippen molar-refractivity contribution in [3.63, 3.8) is 0 Å². The van der Waals surface area contributed by atoms with E-state index < -0.39 is 48.3 Å². The van der Waals surface area contributed by atoms with Gasteiger partial charge in [0.2, 0.25) is 11.7 Å². The summed E-state index contributed by atoms with van der Waals surface area (Å²) in [5.74, 6) is -3.43. The van der Waals surface area contributed by atoms with Crippen LogP contribution in [0.2, 0.25) is 0 Å². The van der Waals surface area contributed by atoms with Crippen molar-refractivity contribution in [1.82, 2.24) is 10.6 Å². The SMILES string of the molecule is CCCC(C)C(=O)C(=O)NCC(=O)NC(CCCC(=O)O)C(N)O. The van der Waals surface area contributed by atoms with Gasteiger partial charge < -0.3 is 26.6 Å². The third-order valence-electron chi connectivity index (χ3n) is 3.47. The second kappa shape index (κ2) is 11.5. The number of carboxylic acid groups (broad SMARTS) is 1. The van der Waals surface area contributed by atoms with Crippen LogP contribution in [0.4, 0.5) is 0 Å². The average molecular weight is 345 g/mol. The van der Waals surface area contributed by atoms with Crippen LogP contribution < -0.4 is 16.4 Å². The molecular formula is C15H27N3O6. The molecule has 0 spiro atoms. The molecule has 0 saturated heterocycles. The zero-order valence-electron chi connectivity index (χ0n) is 14.1. The molecule has 0 bridgehead atoms. The molecule has 0 aromatic rings. The van der Waals surface area contributed by atoms with Crippen LogP contribution in [0.5, 0.6) is 0 Å². The molecule has 24 heavy (non-hydrogen) atoms. The van der Waals surface area contributed by atoms with Crippen LogP contribution >= 0.6 is 0 Å². The van der Waals surface area contributed by atoms with E-state index in [1.165, 1.54) is 0 Å². The molecule has 0 rings (SSSR count). The number of ketones is 1. The van der Waals surface area contributed by atoms with Crippen molar-refractivity contribution in [3.05, 3.63) is 0 Å². The molecule has 3 unspecified atom stereocenters. The van der Waals surface area contributed by atoms with Crippen LogP contribution in [0.3, 0.4) is 0 Å². The van der Waals surface area contributed by atoms with Gasteiger partial charge in [-0.25, -0.2) is 0 Å². The second-order valence-corrected chi connectivity index (χ2v) is 5.69. The lowest BCUT2D eigenvalue weighted by atomic mass is 10.0. The average Bonchev–Trinajstić information content (AvgIpc) is 2.50. The first kappa shape index (κ1) is 22.0. The van der Waals surface area contributed by atoms with Gasteiger partial charge in [0.1, 0.15) is 6.23 Å². The quantitative estimate of drug-likeness (QED) is 0.227. The van der Waals surface area contributed by atoms with E-state index in [1.807, 2.05) is 6.92 Å². The Hall–Kier alpha value is -2.00. The number of carbonyl (C=O) groups is 4. The van der Waals surface area contributed by atoms with Crippen molar-refractivity contribution in [2.45, 2.75) is 58.2 Å². The minimum atomic E-state index is -1.36. The van der Waals surface area contributed by atoms with Gasteiger partial charge in [-0.2, -0.15) is 0 Å². The number of aliphatic hydroxyl groups excluding tert-OH is 1. The number of aliphatic hydroxyl groups is 1. The highest BCUT2D eigenvalue weighted by Crippen LogP contribution is 2.06. The summed E-state index contributed by atoms with van der Waals surface area (Å²) in [5.41, 5.74) is 5.33. The molecule has 0 aliphatic heterocycles. The molecule has 0 aliphatic rings. The van der Waals surface area contributed by atoms with Gasteiger partial charge in [0.25, 0.3) is 5.91 Å². The topological polar surface area (TPSA) is 159 Å². The van der Waals surface area contributed by atoms with Gasteiger partial charge in [0.05, 0.1) is 12.6 Å². The lowest BCUT2D eigenvalue weighted by Gasteiger charge is -2.21. The summed E-state index contributed by atoms with van der Waals surface area (Å²) in [6.45, 7) is 3.12. The molecule has 0 radical (unpaired) electrons. The third-order valence-corrected chi connectivity index (χ3v) is 3.47. The number of hydrogen-bond acceptors (Lipinski definition) is 6. The van der Waals surface area contributed by atoms with E-state index in [-0.39, 0.29) is 19.3 Å². The van der Waals surface area contributed by atoms with E-state index in [0.717, 1.165) is 6.42 Å². The van der Waals surface area contributed by atoms with Crippen LogP contribution in [-0.2, 0) is 19.2 Å². The zero-order chi connectivity index (χ0) is 18.7. The molecule has 3 atom stereocenters. The minimum Gasteiger partial charge on any atom is -0.481 e. The molecule has 138 valence electrons. The maximum absolute atomic E-state index is 11.8. The molecule has 2 amide bonds. The maximum atomic E-state index is 11.8. The summed E-state index contributed by atoms with van der Waals surface area (Å²) in [6, 6.07) is -0.830. The third kappa shape index (κ3) is 9.21. The van der Waals surface area contributed by atoms with Gasteiger partial charge in [-0.05, 0) is 19.3 Å². The molecule has 9 nitrogen and oxygen atoms in total. The summed E-state index contributed by atoms with van der Waals surface area (Å²) in [6.07, 6.45) is 0.296. The molecule has 9 heteroatoms. The Morgan fingerprint density at radius 1 is 1.17 bits per heavy atom. The largest absolute Gasteiger partial charge is 0.481 e. The lowest BCUT2D eigenvalue weighted by molar-refractivity contribution is -0.140. The Kier molecular flexibility index (Phi) is 10.6. The van der Waals surface area contributed by atoms with Crippen LogP contribution in [-0.4, -0.2) is 52.6 Å². The molecule has 0 saturated carbocycles. The van der Waals surface area contributed by atoms with Crippen LogP contribution in [0, 0.1) is 5.92 Å². The van der Waals surface area contributed by atoms with E-state index in [1.54, 1.807) is 6.92 Å². The Morgan fingerprint density at radius 3 is 2.29 bits per heavy atom. The highest BCUT2D eigenvalue weighted by Gasteiger charge is 2.22. The van der Waals surface area contributed by atoms with Gasteiger partial charge in [-0.1, -0.05) is 20.3 Å². The second-order valence-electron chi connectivity index (χ2n) is 5.69. The number of Topliss-reactive ketones (excluding diaryl/α,β-unsaturated/α-hetero) is 1. The molecule has 0 aromatic carbocycles. The van der Waals surface area contributed by atoms with Gasteiger partial charge in [0, 0.05) is 12.3 Å². The monoisotopic (exact) mass is 345 g/mol. The molecule has 0 aliphatic carbocycles. The summed E-state index contributed by atoms with van der Waals surface area (Å²) >= 11 is 0. The standard InChI is InChI=1S/C15H27N3O6/c1-3-5-9(2)13(22)15(24)17-8-11(19)18-10(14(16)23)6-4-7-12(20)21/h9-10,14,23H,3-8,16H2,1-2H3,(H,17,24)(H,18,19)(H,20,21). The van der Waals surface area contributed by atoms with E-state index in [4.69, 9.17) is 10.8 Å². The normalized spacial score (nSPS) is 14.3. The van der Waals surface area contributed by atoms with Crippen molar-refractivity contribution in [3.8, 4) is 0 Å². The van der Waals surface area contributed by atoms with Crippen molar-refractivity contribution in [2.75, 3.05) is 6.54 Å². The Balaban J connectivity index is 4.31. The Bertz CT molecular complexity index is 452. The van der Waals surface area contributed by atoms with Crippen LogP contribution in [0.15, 0.2) is 0 Å². The first-order valence-electron chi connectivity index (χ1n) is 7.95. The fourth-order valence-electron chi connectivity index (χ4n) is 2.09. The number of amides is 2. The highest BCUT2D eigenvalue weighted by atomic mass is 16.4. The van der Waals surface area contributed by atoms with E-state index >= 15 is 0 Å². The molecule has 0 heterocycles. The van der Waals surface area contributed by atoms with E-state index in [2.05, 4.69) is 10.6 Å². The van der Waals surface area contributed by atoms with E-state index in [9.17, 15) is 24.3 Å². The number of carbonyl (C=O) groups excluding carboxylic acids is 3. The fraction of sp³-hybridized carbons (Fsp3) is 0.733. The van der Waals surface area contributed by atoms with Gasteiger partial charge in [0.15, 0.2) is 0 Å². The van der Waals surface area contributed by atoms with Crippen molar-refractivity contribution in [1.29, 1.82) is 0 Å². The predicted molar refractivity (Wildman–Crippen MR) is 85.7 cm³/mol. The van der Waals surface area contributed by atoms with Crippen LogP contribution in [0.25, 0.3) is 0 Å². The maximum Gasteiger partial charge on any atom is 0.303 e. The van der Waals surface area contributed by atoms with Gasteiger partial charge >= 0.3 is 5.97 Å². The zero-order valence-corrected chi connectivity index (χ0v) is 14.1. The minimum absolute atomic E-state index is 0.111. The summed E-state index contributed by atoms with van der Waals surface area (Å²) in [7, 11) is 0. The van der Waals surface area contributed by atoms with Crippen LogP contribution in [0.1, 0.15) is 46.0 Å². The number of rotatable bonds is 12. The number of carboxylic acids is 1. The predicted octanol–water partition coefficient (Wildman–Crippen LogP) is -0.875. The Morgan fingerprint density at radius 2 is 1.79 bits per heavy atom.